The molecule has 0 aliphatic rings. The van der Waals surface area contributed by atoms with Crippen molar-refractivity contribution in [1.29, 1.82) is 0 Å². The molecule has 0 aliphatic carbocycles. The summed E-state index contributed by atoms with van der Waals surface area (Å²) in [5, 5.41) is -6.88. The summed E-state index contributed by atoms with van der Waals surface area (Å²) in [5.41, 5.74) is 0. The Morgan fingerprint density at radius 1 is 1.18 bits per heavy atom. The predicted molar refractivity (Wildman–Crippen MR) is 28.9 cm³/mol. The van der Waals surface area contributed by atoms with E-state index in [1.54, 1.807) is 0 Å². The normalized spacial score (nSPS) is 15.1. The first kappa shape index (κ1) is 10.9. The molecule has 0 fully saturated rings. The van der Waals surface area contributed by atoms with E-state index in [4.69, 9.17) is 0 Å². The highest BCUT2D eigenvalue weighted by atomic mass is 35.5. The Balaban J connectivity index is 5.08. The molecule has 0 aromatic carbocycles. The number of nitrogens with two attached hydrogens (primary N) is 1. The first-order valence-electron chi connectivity index (χ1n) is 1.97. The number of hydrogen-bond acceptors (Lipinski definition) is 2. The van der Waals surface area contributed by atoms with Gasteiger partial charge in [0.1, 0.15) is 0 Å². The maximum Gasteiger partial charge on any atom is 0.435 e. The number of hydrogen-bond donors (Lipinski definition) is 1. The molecule has 11 heavy (non-hydrogen) atoms. The van der Waals surface area contributed by atoms with E-state index in [0.717, 1.165) is 0 Å². The van der Waals surface area contributed by atoms with E-state index in [-0.39, 0.29) is 0 Å². The molecule has 0 spiro atoms. The third kappa shape index (κ3) is 1.94. The maximum atomic E-state index is 11.8. The molecule has 2 N–H and O–H groups in total. The first-order valence-corrected chi connectivity index (χ1v) is 3.89. The van der Waals surface area contributed by atoms with Gasteiger partial charge in [-0.25, -0.2) is 13.6 Å². The van der Waals surface area contributed by atoms with E-state index in [9.17, 15) is 26.0 Å². The van der Waals surface area contributed by atoms with Gasteiger partial charge in [-0.3, -0.25) is 0 Å². The third-order valence-electron chi connectivity index (χ3n) is 0.687. The second-order valence-electron chi connectivity index (χ2n) is 1.56. The highest BCUT2D eigenvalue weighted by molar-refractivity contribution is 7.90. The number of halogens is 5. The largest absolute Gasteiger partial charge is 0.435 e. The summed E-state index contributed by atoms with van der Waals surface area (Å²) in [7, 11) is -5.68. The van der Waals surface area contributed by atoms with Crippen molar-refractivity contribution in [3.05, 3.63) is 0 Å². The summed E-state index contributed by atoms with van der Waals surface area (Å²) >= 11 is 3.77. The Kier molecular flexibility index (Phi) is 2.44. The second kappa shape index (κ2) is 2.46. The molecule has 0 saturated heterocycles. The molecular formula is C2H2ClF4NO2S. The van der Waals surface area contributed by atoms with Crippen LogP contribution in [-0.2, 0) is 10.0 Å². The molecule has 0 atom stereocenters. The topological polar surface area (TPSA) is 60.2 Å². The second-order valence-corrected chi connectivity index (χ2v) is 3.64. The lowest BCUT2D eigenvalue weighted by Gasteiger charge is -2.17. The van der Waals surface area contributed by atoms with Crippen molar-refractivity contribution in [3.8, 4) is 0 Å². The van der Waals surface area contributed by atoms with E-state index in [1.165, 1.54) is 0 Å². The zero-order chi connectivity index (χ0) is 9.50. The Bertz CT molecular complexity index is 243. The molecule has 0 unspecified atom stereocenters. The fourth-order valence-corrected chi connectivity index (χ4v) is 0.807. The average molecular weight is 216 g/mol. The summed E-state index contributed by atoms with van der Waals surface area (Å²) in [6.45, 7) is 0. The Labute approximate surface area is 64.2 Å². The number of primary sulfonamides is 1. The van der Waals surface area contributed by atoms with E-state index >= 15 is 0 Å². The maximum absolute atomic E-state index is 11.8. The van der Waals surface area contributed by atoms with Gasteiger partial charge in [0.25, 0.3) is 10.0 Å². The van der Waals surface area contributed by atoms with E-state index in [0.29, 0.717) is 0 Å². The molecule has 0 saturated carbocycles. The lowest BCUT2D eigenvalue weighted by atomic mass is 10.7. The van der Waals surface area contributed by atoms with Crippen molar-refractivity contribution in [2.75, 3.05) is 0 Å². The van der Waals surface area contributed by atoms with Gasteiger partial charge in [-0.15, -0.1) is 0 Å². The van der Waals surface area contributed by atoms with Crippen LogP contribution in [0.5, 0.6) is 0 Å². The molecule has 0 aromatic heterocycles. The molecule has 9 heteroatoms. The molecule has 0 radical (unpaired) electrons. The summed E-state index contributed by atoms with van der Waals surface area (Å²) < 4.78 is 66.3. The molecule has 3 nitrogen and oxygen atoms in total. The smallest absolute Gasteiger partial charge is 0.223 e. The van der Waals surface area contributed by atoms with Gasteiger partial charge in [0, 0.05) is 0 Å². The van der Waals surface area contributed by atoms with Gasteiger partial charge in [0.2, 0.25) is 0 Å². The van der Waals surface area contributed by atoms with E-state index in [1.807, 2.05) is 0 Å². The summed E-state index contributed by atoms with van der Waals surface area (Å²) in [4.78, 5) is 0. The number of alkyl halides is 5. The average Bonchev–Trinajstić information content (AvgIpc) is 1.58. The number of rotatable bonds is 2. The molecule has 0 rings (SSSR count). The van der Waals surface area contributed by atoms with Crippen molar-refractivity contribution >= 4 is 21.6 Å². The molecular weight excluding hydrogens is 214 g/mol. The quantitative estimate of drug-likeness (QED) is 0.545. The van der Waals surface area contributed by atoms with Crippen LogP contribution in [-0.4, -0.2) is 19.1 Å². The van der Waals surface area contributed by atoms with Gasteiger partial charge in [-0.2, -0.15) is 17.6 Å². The highest BCUT2D eigenvalue weighted by Crippen LogP contribution is 2.40. The van der Waals surface area contributed by atoms with Crippen LogP contribution in [0.3, 0.4) is 0 Å². The Morgan fingerprint density at radius 2 is 1.45 bits per heavy atom. The predicted octanol–water partition coefficient (Wildman–Crippen LogP) is 0.699. The summed E-state index contributed by atoms with van der Waals surface area (Å²) in [6, 6.07) is 0. The van der Waals surface area contributed by atoms with Crippen molar-refractivity contribution in [2.45, 2.75) is 10.6 Å². The van der Waals surface area contributed by atoms with E-state index in [2.05, 4.69) is 16.7 Å². The third-order valence-corrected chi connectivity index (χ3v) is 2.01. The lowest BCUT2D eigenvalue weighted by molar-refractivity contribution is -0.0963. The van der Waals surface area contributed by atoms with Crippen LogP contribution in [0.2, 0.25) is 0 Å². The zero-order valence-electron chi connectivity index (χ0n) is 4.69. The fourth-order valence-electron chi connectivity index (χ4n) is 0.161. The first-order chi connectivity index (χ1) is 4.50. The van der Waals surface area contributed by atoms with Crippen LogP contribution < -0.4 is 5.14 Å². The van der Waals surface area contributed by atoms with Crippen LogP contribution in [0.4, 0.5) is 17.6 Å². The minimum Gasteiger partial charge on any atom is -0.223 e. The molecule has 0 heterocycles. The Hall–Kier alpha value is -0.0800. The van der Waals surface area contributed by atoms with Crippen LogP contribution in [0.15, 0.2) is 0 Å². The van der Waals surface area contributed by atoms with Crippen molar-refractivity contribution < 1.29 is 26.0 Å². The minimum absolute atomic E-state index is 3.76. The summed E-state index contributed by atoms with van der Waals surface area (Å²) in [5.74, 6) is 0. The molecule has 68 valence electrons. The van der Waals surface area contributed by atoms with Crippen LogP contribution in [0, 0.1) is 0 Å². The van der Waals surface area contributed by atoms with Gasteiger partial charge >= 0.3 is 10.6 Å². The molecule has 0 amide bonds. The van der Waals surface area contributed by atoms with Gasteiger partial charge in [-0.1, -0.05) is 0 Å². The van der Waals surface area contributed by atoms with Crippen LogP contribution >= 0.6 is 11.6 Å². The summed E-state index contributed by atoms with van der Waals surface area (Å²) in [6.07, 6.45) is 0. The van der Waals surface area contributed by atoms with Gasteiger partial charge in [-0.05, 0) is 11.6 Å². The van der Waals surface area contributed by atoms with Crippen LogP contribution in [0.25, 0.3) is 0 Å². The van der Waals surface area contributed by atoms with E-state index < -0.39 is 20.7 Å². The fraction of sp³-hybridized carbons (Fsp3) is 1.00. The van der Waals surface area contributed by atoms with Crippen LogP contribution in [0.1, 0.15) is 0 Å². The van der Waals surface area contributed by atoms with Gasteiger partial charge in [0.05, 0.1) is 0 Å². The number of sulfonamides is 1. The van der Waals surface area contributed by atoms with Gasteiger partial charge in [0.15, 0.2) is 0 Å². The van der Waals surface area contributed by atoms with Gasteiger partial charge < -0.3 is 0 Å². The molecule has 0 aromatic rings. The highest BCUT2D eigenvalue weighted by Gasteiger charge is 2.63. The Morgan fingerprint density at radius 3 is 1.45 bits per heavy atom. The van der Waals surface area contributed by atoms with Crippen molar-refractivity contribution in [1.82, 2.24) is 0 Å². The monoisotopic (exact) mass is 215 g/mol. The standard InChI is InChI=1S/C2H2ClF4NO2S/c3-1(4,5)2(6,7)11(8,9)10/h(H2,8,9,10). The molecule has 0 aliphatic heterocycles. The van der Waals surface area contributed by atoms with Crippen molar-refractivity contribution in [2.24, 2.45) is 5.14 Å². The van der Waals surface area contributed by atoms with Crippen molar-refractivity contribution in [3.63, 3.8) is 0 Å². The SMILES string of the molecule is NS(=O)(=O)C(F)(F)C(F)(F)Cl. The minimum atomic E-state index is -5.68. The molecule has 0 bridgehead atoms. The zero-order valence-corrected chi connectivity index (χ0v) is 6.26. The lowest BCUT2D eigenvalue weighted by Crippen LogP contribution is -2.46.